The first-order chi connectivity index (χ1) is 9.65. The number of rotatable bonds is 6. The summed E-state index contributed by atoms with van der Waals surface area (Å²) in [5.41, 5.74) is 3.60. The highest BCUT2D eigenvalue weighted by Crippen LogP contribution is 2.14. The normalized spacial score (nSPS) is 12.6. The Kier molecular flexibility index (Phi) is 5.27. The van der Waals surface area contributed by atoms with E-state index in [2.05, 4.69) is 71.8 Å². The summed E-state index contributed by atoms with van der Waals surface area (Å²) >= 11 is 0. The van der Waals surface area contributed by atoms with Gasteiger partial charge >= 0.3 is 0 Å². The highest BCUT2D eigenvalue weighted by Gasteiger charge is 2.11. The monoisotopic (exact) mass is 269 g/mol. The van der Waals surface area contributed by atoms with Crippen molar-refractivity contribution >= 4 is 0 Å². The van der Waals surface area contributed by atoms with E-state index in [1.807, 2.05) is 13.1 Å². The van der Waals surface area contributed by atoms with Gasteiger partial charge < -0.3 is 10.2 Å². The average molecular weight is 269 g/mol. The summed E-state index contributed by atoms with van der Waals surface area (Å²) in [7, 11) is 4.20. The number of aryl methyl sites for hydroxylation is 1. The van der Waals surface area contributed by atoms with Gasteiger partial charge in [-0.3, -0.25) is 4.98 Å². The molecule has 1 N–H and O–H groups in total. The molecule has 0 aliphatic heterocycles. The molecule has 1 aromatic heterocycles. The largest absolute Gasteiger partial charge is 0.308 e. The number of pyridine rings is 1. The fourth-order valence-electron chi connectivity index (χ4n) is 2.18. The van der Waals surface area contributed by atoms with E-state index < -0.39 is 0 Å². The summed E-state index contributed by atoms with van der Waals surface area (Å²) < 4.78 is 0. The number of nitrogens with one attached hydrogen (secondary N) is 1. The van der Waals surface area contributed by atoms with Crippen molar-refractivity contribution in [3.05, 3.63) is 65.5 Å². The van der Waals surface area contributed by atoms with Crippen LogP contribution in [0.2, 0.25) is 0 Å². The Morgan fingerprint density at radius 1 is 1.10 bits per heavy atom. The molecule has 0 radical (unpaired) electrons. The van der Waals surface area contributed by atoms with Crippen LogP contribution in [-0.2, 0) is 6.54 Å². The molecule has 0 saturated carbocycles. The van der Waals surface area contributed by atoms with E-state index in [-0.39, 0.29) is 0 Å². The highest BCUT2D eigenvalue weighted by atomic mass is 15.1. The number of hydrogen-bond donors (Lipinski definition) is 1. The summed E-state index contributed by atoms with van der Waals surface area (Å²) in [6, 6.07) is 15.1. The zero-order chi connectivity index (χ0) is 14.4. The maximum atomic E-state index is 4.34. The van der Waals surface area contributed by atoms with E-state index in [4.69, 9.17) is 0 Å². The van der Waals surface area contributed by atoms with Crippen LogP contribution < -0.4 is 5.32 Å². The lowest BCUT2D eigenvalue weighted by molar-refractivity contribution is 0.340. The topological polar surface area (TPSA) is 28.2 Å². The van der Waals surface area contributed by atoms with Crippen molar-refractivity contribution in [2.75, 3.05) is 20.6 Å². The van der Waals surface area contributed by atoms with Crippen LogP contribution in [0.15, 0.2) is 48.7 Å². The van der Waals surface area contributed by atoms with Crippen molar-refractivity contribution < 1.29 is 0 Å². The number of hydrogen-bond acceptors (Lipinski definition) is 3. The van der Waals surface area contributed by atoms with Crippen LogP contribution in [0, 0.1) is 6.92 Å². The third-order valence-corrected chi connectivity index (χ3v) is 3.27. The molecule has 0 saturated heterocycles. The third kappa shape index (κ3) is 4.44. The van der Waals surface area contributed by atoms with Gasteiger partial charge in [-0.1, -0.05) is 36.4 Å². The Morgan fingerprint density at radius 3 is 2.45 bits per heavy atom. The molecule has 0 bridgehead atoms. The van der Waals surface area contributed by atoms with E-state index in [0.29, 0.717) is 6.04 Å². The van der Waals surface area contributed by atoms with Gasteiger partial charge in [-0.25, -0.2) is 0 Å². The van der Waals surface area contributed by atoms with Gasteiger partial charge in [-0.05, 0) is 38.2 Å². The molecule has 0 aliphatic rings. The first-order valence-corrected chi connectivity index (χ1v) is 7.00. The summed E-state index contributed by atoms with van der Waals surface area (Å²) in [6.07, 6.45) is 1.94. The SMILES string of the molecule is Cc1ccc(CNC(CN(C)C)c2ccccc2)cn1. The molecule has 106 valence electrons. The molecule has 0 amide bonds. The second-order valence-electron chi connectivity index (χ2n) is 5.41. The summed E-state index contributed by atoms with van der Waals surface area (Å²) in [5.74, 6) is 0. The molecule has 1 unspecified atom stereocenters. The summed E-state index contributed by atoms with van der Waals surface area (Å²) in [5, 5.41) is 3.62. The van der Waals surface area contributed by atoms with Crippen molar-refractivity contribution in [3.63, 3.8) is 0 Å². The number of nitrogens with zero attached hydrogens (tertiary/aromatic N) is 2. The molecule has 3 nitrogen and oxygen atoms in total. The summed E-state index contributed by atoms with van der Waals surface area (Å²) in [6.45, 7) is 3.82. The molecule has 0 spiro atoms. The maximum Gasteiger partial charge on any atom is 0.0451 e. The molecule has 1 aromatic carbocycles. The fraction of sp³-hybridized carbons (Fsp3) is 0.353. The van der Waals surface area contributed by atoms with Crippen molar-refractivity contribution in [1.82, 2.24) is 15.2 Å². The van der Waals surface area contributed by atoms with Crippen molar-refractivity contribution in [3.8, 4) is 0 Å². The average Bonchev–Trinajstić information content (AvgIpc) is 2.46. The predicted octanol–water partition coefficient (Wildman–Crippen LogP) is 2.78. The van der Waals surface area contributed by atoms with Crippen LogP contribution in [-0.4, -0.2) is 30.5 Å². The molecule has 2 rings (SSSR count). The quantitative estimate of drug-likeness (QED) is 0.874. The van der Waals surface area contributed by atoms with Gasteiger partial charge in [0.15, 0.2) is 0 Å². The Bertz CT molecular complexity index is 506. The highest BCUT2D eigenvalue weighted by molar-refractivity contribution is 5.20. The van der Waals surface area contributed by atoms with E-state index in [1.165, 1.54) is 11.1 Å². The molecular weight excluding hydrogens is 246 g/mol. The minimum Gasteiger partial charge on any atom is -0.308 e. The number of benzene rings is 1. The number of likely N-dealkylation sites (N-methyl/N-ethyl adjacent to an activating group) is 1. The zero-order valence-electron chi connectivity index (χ0n) is 12.5. The van der Waals surface area contributed by atoms with E-state index in [0.717, 1.165) is 18.8 Å². The van der Waals surface area contributed by atoms with Crippen LogP contribution in [0.4, 0.5) is 0 Å². The molecule has 1 heterocycles. The molecule has 1 atom stereocenters. The zero-order valence-corrected chi connectivity index (χ0v) is 12.5. The van der Waals surface area contributed by atoms with Crippen LogP contribution in [0.25, 0.3) is 0 Å². The van der Waals surface area contributed by atoms with Crippen LogP contribution in [0.3, 0.4) is 0 Å². The Morgan fingerprint density at radius 2 is 1.85 bits per heavy atom. The van der Waals surface area contributed by atoms with Crippen molar-refractivity contribution in [2.24, 2.45) is 0 Å². The van der Waals surface area contributed by atoms with Crippen molar-refractivity contribution in [1.29, 1.82) is 0 Å². The van der Waals surface area contributed by atoms with E-state index >= 15 is 0 Å². The van der Waals surface area contributed by atoms with Gasteiger partial charge in [0.05, 0.1) is 0 Å². The first kappa shape index (κ1) is 14.7. The van der Waals surface area contributed by atoms with Gasteiger partial charge in [0, 0.05) is 31.0 Å². The van der Waals surface area contributed by atoms with Crippen molar-refractivity contribution in [2.45, 2.75) is 19.5 Å². The smallest absolute Gasteiger partial charge is 0.0451 e. The lowest BCUT2D eigenvalue weighted by Crippen LogP contribution is -2.30. The third-order valence-electron chi connectivity index (χ3n) is 3.27. The molecule has 0 aliphatic carbocycles. The second kappa shape index (κ2) is 7.17. The van der Waals surface area contributed by atoms with Crippen LogP contribution in [0.5, 0.6) is 0 Å². The Labute approximate surface area is 121 Å². The van der Waals surface area contributed by atoms with Gasteiger partial charge in [0.25, 0.3) is 0 Å². The molecule has 20 heavy (non-hydrogen) atoms. The van der Waals surface area contributed by atoms with Gasteiger partial charge in [0.1, 0.15) is 0 Å². The maximum absolute atomic E-state index is 4.34. The van der Waals surface area contributed by atoms with Crippen LogP contribution >= 0.6 is 0 Å². The minimum atomic E-state index is 0.326. The Balaban J connectivity index is 2.03. The van der Waals surface area contributed by atoms with Gasteiger partial charge in [0.2, 0.25) is 0 Å². The lowest BCUT2D eigenvalue weighted by atomic mass is 10.1. The van der Waals surface area contributed by atoms with Gasteiger partial charge in [-0.15, -0.1) is 0 Å². The predicted molar refractivity (Wildman–Crippen MR) is 83.6 cm³/mol. The van der Waals surface area contributed by atoms with E-state index in [9.17, 15) is 0 Å². The molecule has 3 heteroatoms. The fourth-order valence-corrected chi connectivity index (χ4v) is 2.18. The van der Waals surface area contributed by atoms with Crippen LogP contribution in [0.1, 0.15) is 22.9 Å². The molecule has 0 fully saturated rings. The summed E-state index contributed by atoms with van der Waals surface area (Å²) in [4.78, 5) is 6.55. The van der Waals surface area contributed by atoms with E-state index in [1.54, 1.807) is 0 Å². The molecular formula is C17H23N3. The lowest BCUT2D eigenvalue weighted by Gasteiger charge is -2.23. The molecule has 2 aromatic rings. The first-order valence-electron chi connectivity index (χ1n) is 7.00. The Hall–Kier alpha value is -1.71. The van der Waals surface area contributed by atoms with Gasteiger partial charge in [-0.2, -0.15) is 0 Å². The minimum absolute atomic E-state index is 0.326. The second-order valence-corrected chi connectivity index (χ2v) is 5.41. The number of aromatic nitrogens is 1. The standard InChI is InChI=1S/C17H23N3/c1-14-9-10-15(11-18-14)12-19-17(13-20(2)3)16-7-5-4-6-8-16/h4-11,17,19H,12-13H2,1-3H3.